The molecule has 82 valence electrons. The topological polar surface area (TPSA) is 49.8 Å². The molecule has 4 heteroatoms. The summed E-state index contributed by atoms with van der Waals surface area (Å²) < 4.78 is 4.95. The van der Waals surface area contributed by atoms with E-state index in [0.717, 1.165) is 19.0 Å². The third-order valence-corrected chi connectivity index (χ3v) is 2.12. The van der Waals surface area contributed by atoms with E-state index in [4.69, 9.17) is 9.84 Å². The first-order valence-corrected chi connectivity index (χ1v) is 4.77. The van der Waals surface area contributed by atoms with Gasteiger partial charge < -0.3 is 14.7 Å². The summed E-state index contributed by atoms with van der Waals surface area (Å²) in [7, 11) is 1.63. The van der Waals surface area contributed by atoms with Gasteiger partial charge in [-0.2, -0.15) is 0 Å². The Kier molecular flexibility index (Phi) is 6.84. The molecule has 0 aliphatic carbocycles. The van der Waals surface area contributed by atoms with Crippen LogP contribution >= 0.6 is 0 Å². The SMILES string of the molecule is CCC(C)N(C=CC(=O)O)CCOC. The van der Waals surface area contributed by atoms with Crippen molar-refractivity contribution in [3.63, 3.8) is 0 Å². The number of aliphatic carboxylic acids is 1. The molecule has 0 saturated carbocycles. The van der Waals surface area contributed by atoms with Gasteiger partial charge in [-0.15, -0.1) is 0 Å². The van der Waals surface area contributed by atoms with Crippen molar-refractivity contribution in [1.82, 2.24) is 4.90 Å². The lowest BCUT2D eigenvalue weighted by atomic mass is 10.2. The molecular weight excluding hydrogens is 182 g/mol. The molecule has 0 amide bonds. The molecule has 1 atom stereocenters. The highest BCUT2D eigenvalue weighted by Gasteiger charge is 2.07. The molecule has 0 rings (SSSR count). The number of carbonyl (C=O) groups is 1. The Morgan fingerprint density at radius 1 is 1.64 bits per heavy atom. The molecule has 0 fully saturated rings. The van der Waals surface area contributed by atoms with Crippen molar-refractivity contribution in [2.75, 3.05) is 20.3 Å². The van der Waals surface area contributed by atoms with Gasteiger partial charge in [-0.25, -0.2) is 4.79 Å². The molecule has 0 aromatic rings. The van der Waals surface area contributed by atoms with Crippen molar-refractivity contribution in [1.29, 1.82) is 0 Å². The zero-order chi connectivity index (χ0) is 11.0. The maximum Gasteiger partial charge on any atom is 0.329 e. The van der Waals surface area contributed by atoms with Crippen LogP contribution in [0.5, 0.6) is 0 Å². The number of ether oxygens (including phenoxy) is 1. The zero-order valence-electron chi connectivity index (χ0n) is 9.06. The fourth-order valence-electron chi connectivity index (χ4n) is 1.03. The minimum Gasteiger partial charge on any atom is -0.478 e. The van der Waals surface area contributed by atoms with Gasteiger partial charge in [0, 0.05) is 32.0 Å². The standard InChI is InChI=1S/C10H19NO3/c1-4-9(2)11(7-8-14-3)6-5-10(12)13/h5-6,9H,4,7-8H2,1-3H3,(H,12,13). The summed E-state index contributed by atoms with van der Waals surface area (Å²) in [6.07, 6.45) is 3.74. The second-order valence-electron chi connectivity index (χ2n) is 3.14. The van der Waals surface area contributed by atoms with Crippen molar-refractivity contribution in [2.24, 2.45) is 0 Å². The summed E-state index contributed by atoms with van der Waals surface area (Å²) in [6, 6.07) is 0.334. The predicted octanol–water partition coefficient (Wildman–Crippen LogP) is 1.33. The molecule has 0 bridgehead atoms. The van der Waals surface area contributed by atoms with Crippen LogP contribution in [0.2, 0.25) is 0 Å². The van der Waals surface area contributed by atoms with E-state index < -0.39 is 5.97 Å². The molecule has 0 saturated heterocycles. The number of hydrogen-bond acceptors (Lipinski definition) is 3. The normalized spacial score (nSPS) is 13.1. The Morgan fingerprint density at radius 3 is 2.71 bits per heavy atom. The number of carboxylic acids is 1. The average Bonchev–Trinajstić information content (AvgIpc) is 2.16. The lowest BCUT2D eigenvalue weighted by molar-refractivity contribution is -0.131. The van der Waals surface area contributed by atoms with Crippen LogP contribution < -0.4 is 0 Å². The van der Waals surface area contributed by atoms with Crippen LogP contribution in [0.1, 0.15) is 20.3 Å². The summed E-state index contributed by atoms with van der Waals surface area (Å²) in [4.78, 5) is 12.3. The van der Waals surface area contributed by atoms with Crippen molar-refractivity contribution >= 4 is 5.97 Å². The number of rotatable bonds is 7. The van der Waals surface area contributed by atoms with Crippen molar-refractivity contribution in [3.05, 3.63) is 12.3 Å². The summed E-state index contributed by atoms with van der Waals surface area (Å²) in [6.45, 7) is 5.45. The summed E-state index contributed by atoms with van der Waals surface area (Å²) >= 11 is 0. The third kappa shape index (κ3) is 5.59. The number of hydrogen-bond donors (Lipinski definition) is 1. The molecule has 0 radical (unpaired) electrons. The number of carboxylic acid groups (broad SMARTS) is 1. The Morgan fingerprint density at radius 2 is 2.29 bits per heavy atom. The lowest BCUT2D eigenvalue weighted by Gasteiger charge is -2.26. The van der Waals surface area contributed by atoms with Gasteiger partial charge in [0.1, 0.15) is 0 Å². The Labute approximate surface area is 85.2 Å². The van der Waals surface area contributed by atoms with Gasteiger partial charge in [-0.1, -0.05) is 6.92 Å². The number of nitrogens with zero attached hydrogens (tertiary/aromatic N) is 1. The molecule has 1 N–H and O–H groups in total. The third-order valence-electron chi connectivity index (χ3n) is 2.12. The fraction of sp³-hybridized carbons (Fsp3) is 0.700. The first-order chi connectivity index (χ1) is 6.61. The first kappa shape index (κ1) is 13.0. The van der Waals surface area contributed by atoms with Crippen LogP contribution in [0, 0.1) is 0 Å². The van der Waals surface area contributed by atoms with Crippen LogP contribution in [0.15, 0.2) is 12.3 Å². The highest BCUT2D eigenvalue weighted by molar-refractivity contribution is 5.79. The highest BCUT2D eigenvalue weighted by atomic mass is 16.5. The van der Waals surface area contributed by atoms with E-state index in [1.54, 1.807) is 13.3 Å². The second kappa shape index (κ2) is 7.38. The van der Waals surface area contributed by atoms with Crippen molar-refractivity contribution < 1.29 is 14.6 Å². The molecule has 0 aliphatic rings. The molecule has 0 heterocycles. The monoisotopic (exact) mass is 201 g/mol. The van der Waals surface area contributed by atoms with Gasteiger partial charge in [0.15, 0.2) is 0 Å². The van der Waals surface area contributed by atoms with Crippen LogP contribution in [0.3, 0.4) is 0 Å². The van der Waals surface area contributed by atoms with Crippen LogP contribution in [0.4, 0.5) is 0 Å². The van der Waals surface area contributed by atoms with Gasteiger partial charge in [0.2, 0.25) is 0 Å². The Hall–Kier alpha value is -1.03. The molecule has 0 aliphatic heterocycles. The van der Waals surface area contributed by atoms with E-state index in [9.17, 15) is 4.79 Å². The molecular formula is C10H19NO3. The summed E-state index contributed by atoms with van der Waals surface area (Å²) in [5, 5.41) is 8.50. The average molecular weight is 201 g/mol. The molecule has 14 heavy (non-hydrogen) atoms. The van der Waals surface area contributed by atoms with Crippen LogP contribution in [-0.2, 0) is 9.53 Å². The highest BCUT2D eigenvalue weighted by Crippen LogP contribution is 2.03. The maximum absolute atomic E-state index is 10.3. The van der Waals surface area contributed by atoms with E-state index >= 15 is 0 Å². The molecule has 0 spiro atoms. The maximum atomic E-state index is 10.3. The first-order valence-electron chi connectivity index (χ1n) is 4.77. The minimum absolute atomic E-state index is 0.334. The van der Waals surface area contributed by atoms with Crippen molar-refractivity contribution in [2.45, 2.75) is 26.3 Å². The number of methoxy groups -OCH3 is 1. The van der Waals surface area contributed by atoms with Crippen LogP contribution in [-0.4, -0.2) is 42.3 Å². The lowest BCUT2D eigenvalue weighted by Crippen LogP contribution is -2.30. The molecule has 0 aromatic heterocycles. The smallest absolute Gasteiger partial charge is 0.329 e. The van der Waals surface area contributed by atoms with E-state index in [1.165, 1.54) is 0 Å². The minimum atomic E-state index is -0.921. The van der Waals surface area contributed by atoms with Gasteiger partial charge >= 0.3 is 5.97 Å². The quantitative estimate of drug-likeness (QED) is 0.631. The van der Waals surface area contributed by atoms with Crippen LogP contribution in [0.25, 0.3) is 0 Å². The molecule has 4 nitrogen and oxygen atoms in total. The van der Waals surface area contributed by atoms with E-state index in [1.807, 2.05) is 4.90 Å². The zero-order valence-corrected chi connectivity index (χ0v) is 9.06. The van der Waals surface area contributed by atoms with Gasteiger partial charge in [-0.3, -0.25) is 0 Å². The van der Waals surface area contributed by atoms with Gasteiger partial charge in [-0.05, 0) is 13.3 Å². The van der Waals surface area contributed by atoms with E-state index in [-0.39, 0.29) is 0 Å². The van der Waals surface area contributed by atoms with Gasteiger partial charge in [0.05, 0.1) is 6.61 Å². The fourth-order valence-corrected chi connectivity index (χ4v) is 1.03. The van der Waals surface area contributed by atoms with Crippen molar-refractivity contribution in [3.8, 4) is 0 Å². The predicted molar refractivity (Wildman–Crippen MR) is 55.1 cm³/mol. The Balaban J connectivity index is 4.16. The van der Waals surface area contributed by atoms with E-state index in [0.29, 0.717) is 12.6 Å². The largest absolute Gasteiger partial charge is 0.478 e. The second-order valence-corrected chi connectivity index (χ2v) is 3.14. The summed E-state index contributed by atoms with van der Waals surface area (Å²) in [5.74, 6) is -0.921. The summed E-state index contributed by atoms with van der Waals surface area (Å²) in [5.41, 5.74) is 0. The molecule has 1 unspecified atom stereocenters. The Bertz CT molecular complexity index is 192. The van der Waals surface area contributed by atoms with E-state index in [2.05, 4.69) is 13.8 Å². The van der Waals surface area contributed by atoms with Gasteiger partial charge in [0.25, 0.3) is 0 Å². The molecule has 0 aromatic carbocycles.